The molecule has 1 saturated heterocycles. The molecule has 8 nitrogen and oxygen atoms in total. The molecule has 184 valence electrons. The van der Waals surface area contributed by atoms with Crippen molar-refractivity contribution in [3.63, 3.8) is 0 Å². The van der Waals surface area contributed by atoms with E-state index >= 15 is 0 Å². The van der Waals surface area contributed by atoms with E-state index in [9.17, 15) is 13.6 Å². The molecule has 0 saturated carbocycles. The summed E-state index contributed by atoms with van der Waals surface area (Å²) in [5.41, 5.74) is 2.73. The van der Waals surface area contributed by atoms with E-state index in [0.29, 0.717) is 43.4 Å². The average molecular weight is 491 g/mol. The van der Waals surface area contributed by atoms with Crippen LogP contribution >= 0.6 is 0 Å². The highest BCUT2D eigenvalue weighted by Crippen LogP contribution is 2.27. The van der Waals surface area contributed by atoms with Gasteiger partial charge in [0.25, 0.3) is 0 Å². The SMILES string of the molecule is COc1cc(N2CCN(C(=O)Cn3nc(-c4ccc(F)cc4)cc3-c3ccc(F)cc3)CC2)ncn1. The van der Waals surface area contributed by atoms with Crippen molar-refractivity contribution in [3.05, 3.63) is 78.6 Å². The molecule has 2 aromatic carbocycles. The second-order valence-corrected chi connectivity index (χ2v) is 8.37. The van der Waals surface area contributed by atoms with Crippen LogP contribution in [-0.4, -0.2) is 63.8 Å². The Kier molecular flexibility index (Phi) is 6.57. The minimum absolute atomic E-state index is 0.0230. The molecule has 5 rings (SSSR count). The second kappa shape index (κ2) is 10.1. The predicted octanol–water partition coefficient (Wildman–Crippen LogP) is 3.64. The lowest BCUT2D eigenvalue weighted by Crippen LogP contribution is -2.50. The lowest BCUT2D eigenvalue weighted by atomic mass is 10.1. The van der Waals surface area contributed by atoms with Gasteiger partial charge in [0.2, 0.25) is 11.8 Å². The number of hydrogen-bond acceptors (Lipinski definition) is 6. The first-order valence-electron chi connectivity index (χ1n) is 11.5. The Balaban J connectivity index is 1.34. The molecule has 1 aliphatic heterocycles. The Morgan fingerprint density at radius 1 is 0.889 bits per heavy atom. The zero-order valence-electron chi connectivity index (χ0n) is 19.6. The normalized spacial score (nSPS) is 13.6. The zero-order chi connectivity index (χ0) is 25.1. The van der Waals surface area contributed by atoms with Gasteiger partial charge in [0.15, 0.2) is 0 Å². The van der Waals surface area contributed by atoms with Crippen LogP contribution in [0.25, 0.3) is 22.5 Å². The van der Waals surface area contributed by atoms with Crippen molar-refractivity contribution in [2.75, 3.05) is 38.2 Å². The van der Waals surface area contributed by atoms with E-state index in [0.717, 1.165) is 16.9 Å². The summed E-state index contributed by atoms with van der Waals surface area (Å²) in [7, 11) is 1.56. The summed E-state index contributed by atoms with van der Waals surface area (Å²) in [5, 5.41) is 4.64. The maximum absolute atomic E-state index is 13.5. The predicted molar refractivity (Wildman–Crippen MR) is 130 cm³/mol. The first kappa shape index (κ1) is 23.4. The fraction of sp³-hybridized carbons (Fsp3) is 0.231. The molecule has 0 spiro atoms. The molecule has 0 atom stereocenters. The van der Waals surface area contributed by atoms with Crippen LogP contribution in [-0.2, 0) is 11.3 Å². The highest BCUT2D eigenvalue weighted by Gasteiger charge is 2.24. The van der Waals surface area contributed by atoms with Crippen molar-refractivity contribution in [1.82, 2.24) is 24.6 Å². The van der Waals surface area contributed by atoms with Crippen molar-refractivity contribution in [2.45, 2.75) is 6.54 Å². The minimum atomic E-state index is -0.348. The Bertz CT molecular complexity index is 1350. The standard InChI is InChI=1S/C26H24F2N6O2/c1-36-25-15-24(29-17-30-25)32-10-12-33(13-11-32)26(35)16-34-23(19-4-8-21(28)9-5-19)14-22(31-34)18-2-6-20(27)7-3-18/h2-9,14-15,17H,10-13,16H2,1H3. The molecular weight excluding hydrogens is 466 g/mol. The third-order valence-electron chi connectivity index (χ3n) is 6.14. The first-order valence-corrected chi connectivity index (χ1v) is 11.5. The van der Waals surface area contributed by atoms with Gasteiger partial charge in [-0.05, 0) is 54.6 Å². The number of hydrogen-bond donors (Lipinski definition) is 0. The van der Waals surface area contributed by atoms with Crippen molar-refractivity contribution in [1.29, 1.82) is 0 Å². The molecular formula is C26H24F2N6O2. The molecule has 0 aliphatic carbocycles. The van der Waals surface area contributed by atoms with E-state index < -0.39 is 0 Å². The summed E-state index contributed by atoms with van der Waals surface area (Å²) in [6.45, 7) is 2.33. The Morgan fingerprint density at radius 2 is 1.53 bits per heavy atom. The number of piperazine rings is 1. The Labute approximate surface area is 206 Å². The molecule has 3 heterocycles. The van der Waals surface area contributed by atoms with Crippen molar-refractivity contribution in [3.8, 4) is 28.4 Å². The first-order chi connectivity index (χ1) is 17.5. The maximum atomic E-state index is 13.5. The summed E-state index contributed by atoms with van der Waals surface area (Å²) >= 11 is 0. The van der Waals surface area contributed by atoms with E-state index in [-0.39, 0.29) is 24.1 Å². The zero-order valence-corrected chi connectivity index (χ0v) is 19.6. The third-order valence-corrected chi connectivity index (χ3v) is 6.14. The summed E-state index contributed by atoms with van der Waals surface area (Å²) < 4.78 is 33.7. The van der Waals surface area contributed by atoms with E-state index in [1.54, 1.807) is 47.0 Å². The van der Waals surface area contributed by atoms with Crippen molar-refractivity contribution < 1.29 is 18.3 Å². The fourth-order valence-corrected chi connectivity index (χ4v) is 4.18. The summed E-state index contributed by atoms with van der Waals surface area (Å²) in [4.78, 5) is 25.4. The van der Waals surface area contributed by atoms with Crippen molar-refractivity contribution in [2.24, 2.45) is 0 Å². The van der Waals surface area contributed by atoms with Crippen LogP contribution in [0.3, 0.4) is 0 Å². The van der Waals surface area contributed by atoms with E-state index in [1.807, 2.05) is 6.07 Å². The van der Waals surface area contributed by atoms with E-state index in [1.165, 1.54) is 30.6 Å². The number of anilines is 1. The van der Waals surface area contributed by atoms with Crippen LogP contribution < -0.4 is 9.64 Å². The smallest absolute Gasteiger partial charge is 0.244 e. The maximum Gasteiger partial charge on any atom is 0.244 e. The van der Waals surface area contributed by atoms with E-state index in [4.69, 9.17) is 4.74 Å². The minimum Gasteiger partial charge on any atom is -0.481 e. The molecule has 1 fully saturated rings. The number of benzene rings is 2. The fourth-order valence-electron chi connectivity index (χ4n) is 4.18. The van der Waals surface area contributed by atoms with Crippen LogP contribution in [0.1, 0.15) is 0 Å². The number of ether oxygens (including phenoxy) is 1. The number of nitrogens with zero attached hydrogens (tertiary/aromatic N) is 6. The molecule has 0 radical (unpaired) electrons. The summed E-state index contributed by atoms with van der Waals surface area (Å²) in [6.07, 6.45) is 1.46. The number of aromatic nitrogens is 4. The van der Waals surface area contributed by atoms with Crippen LogP contribution in [0.2, 0.25) is 0 Å². The molecule has 10 heteroatoms. The number of carbonyl (C=O) groups excluding carboxylic acids is 1. The third kappa shape index (κ3) is 5.02. The van der Waals surface area contributed by atoms with Gasteiger partial charge in [0.1, 0.15) is 30.3 Å². The second-order valence-electron chi connectivity index (χ2n) is 8.37. The van der Waals surface area contributed by atoms with Gasteiger partial charge >= 0.3 is 0 Å². The van der Waals surface area contributed by atoms with Gasteiger partial charge in [0, 0.05) is 43.4 Å². The molecule has 4 aromatic rings. The van der Waals surface area contributed by atoms with Crippen LogP contribution in [0.15, 0.2) is 67.0 Å². The van der Waals surface area contributed by atoms with Gasteiger partial charge in [-0.25, -0.2) is 18.7 Å². The molecule has 1 aliphatic rings. The Hall–Kier alpha value is -4.34. The highest BCUT2D eigenvalue weighted by atomic mass is 19.1. The molecule has 2 aromatic heterocycles. The molecule has 0 N–H and O–H groups in total. The number of rotatable bonds is 6. The quantitative estimate of drug-likeness (QED) is 0.411. The van der Waals surface area contributed by atoms with Crippen LogP contribution in [0.5, 0.6) is 5.88 Å². The lowest BCUT2D eigenvalue weighted by molar-refractivity contribution is -0.132. The van der Waals surface area contributed by atoms with Crippen LogP contribution in [0.4, 0.5) is 14.6 Å². The number of amides is 1. The van der Waals surface area contributed by atoms with Gasteiger partial charge in [0.05, 0.1) is 18.5 Å². The van der Waals surface area contributed by atoms with Gasteiger partial charge in [-0.3, -0.25) is 9.48 Å². The molecule has 36 heavy (non-hydrogen) atoms. The summed E-state index contributed by atoms with van der Waals surface area (Å²) in [6, 6.07) is 15.6. The number of methoxy groups -OCH3 is 1. The number of halogens is 2. The van der Waals surface area contributed by atoms with E-state index in [2.05, 4.69) is 20.0 Å². The van der Waals surface area contributed by atoms with Gasteiger partial charge in [-0.2, -0.15) is 5.10 Å². The highest BCUT2D eigenvalue weighted by molar-refractivity contribution is 5.78. The molecule has 0 bridgehead atoms. The van der Waals surface area contributed by atoms with Crippen LogP contribution in [0, 0.1) is 11.6 Å². The lowest BCUT2D eigenvalue weighted by Gasteiger charge is -2.35. The monoisotopic (exact) mass is 490 g/mol. The number of carbonyl (C=O) groups is 1. The molecule has 0 unspecified atom stereocenters. The van der Waals surface area contributed by atoms with Crippen molar-refractivity contribution >= 4 is 11.7 Å². The van der Waals surface area contributed by atoms with Gasteiger partial charge in [-0.15, -0.1) is 0 Å². The Morgan fingerprint density at radius 3 is 2.17 bits per heavy atom. The topological polar surface area (TPSA) is 76.4 Å². The molecule has 1 amide bonds. The van der Waals surface area contributed by atoms with Gasteiger partial charge in [-0.1, -0.05) is 0 Å². The van der Waals surface area contributed by atoms with Gasteiger partial charge < -0.3 is 14.5 Å². The summed E-state index contributed by atoms with van der Waals surface area (Å²) in [5.74, 6) is 0.476. The largest absolute Gasteiger partial charge is 0.481 e. The average Bonchev–Trinajstić information content (AvgIpc) is 3.33.